The van der Waals surface area contributed by atoms with Crippen molar-refractivity contribution in [2.75, 3.05) is 31.8 Å². The van der Waals surface area contributed by atoms with Gasteiger partial charge in [-0.25, -0.2) is 0 Å². The van der Waals surface area contributed by atoms with Crippen molar-refractivity contribution in [1.29, 1.82) is 0 Å². The molecular formula is C31H61NO3S2. The van der Waals surface area contributed by atoms with Gasteiger partial charge in [0, 0.05) is 38.2 Å². The highest BCUT2D eigenvalue weighted by Crippen LogP contribution is 2.35. The van der Waals surface area contributed by atoms with Crippen molar-refractivity contribution in [3.63, 3.8) is 0 Å². The van der Waals surface area contributed by atoms with Crippen LogP contribution >= 0.6 is 21.6 Å². The van der Waals surface area contributed by atoms with Crippen LogP contribution in [-0.2, 0) is 14.3 Å². The zero-order valence-corrected chi connectivity index (χ0v) is 26.4. The second-order valence-corrected chi connectivity index (χ2v) is 13.7. The number of nitrogens with one attached hydrogen (secondary N) is 1. The van der Waals surface area contributed by atoms with Crippen LogP contribution in [-0.4, -0.2) is 49.9 Å². The van der Waals surface area contributed by atoms with E-state index in [-0.39, 0.29) is 18.1 Å². The molecule has 0 aliphatic heterocycles. The van der Waals surface area contributed by atoms with Crippen LogP contribution in [0, 0.1) is 5.92 Å². The Morgan fingerprint density at radius 2 is 1.35 bits per heavy atom. The third-order valence-electron chi connectivity index (χ3n) is 7.43. The minimum absolute atomic E-state index is 0.167. The Bertz CT molecular complexity index is 505. The van der Waals surface area contributed by atoms with E-state index in [0.717, 1.165) is 30.9 Å². The van der Waals surface area contributed by atoms with Gasteiger partial charge in [-0.1, -0.05) is 132 Å². The van der Waals surface area contributed by atoms with E-state index in [4.69, 9.17) is 9.47 Å². The third kappa shape index (κ3) is 22.6. The van der Waals surface area contributed by atoms with Crippen molar-refractivity contribution in [3.05, 3.63) is 0 Å². The quantitative estimate of drug-likeness (QED) is 0.0730. The normalized spacial score (nSPS) is 15.1. The molecule has 1 saturated carbocycles. The van der Waals surface area contributed by atoms with E-state index in [9.17, 15) is 4.79 Å². The molecule has 6 heteroatoms. The number of methoxy groups -OCH3 is 1. The minimum atomic E-state index is 0.167. The van der Waals surface area contributed by atoms with Crippen molar-refractivity contribution in [3.8, 4) is 0 Å². The molecule has 1 aliphatic rings. The first-order valence-corrected chi connectivity index (χ1v) is 18.4. The summed E-state index contributed by atoms with van der Waals surface area (Å²) in [6.45, 7) is 5.84. The zero-order chi connectivity index (χ0) is 26.8. The molecule has 0 radical (unpaired) electrons. The maximum Gasteiger partial charge on any atom is 0.220 e. The van der Waals surface area contributed by atoms with Gasteiger partial charge < -0.3 is 14.8 Å². The Labute approximate surface area is 238 Å². The van der Waals surface area contributed by atoms with Gasteiger partial charge in [0.05, 0.1) is 12.2 Å². The van der Waals surface area contributed by atoms with Crippen molar-refractivity contribution >= 4 is 27.5 Å². The third-order valence-corrected chi connectivity index (χ3v) is 9.93. The lowest BCUT2D eigenvalue weighted by Crippen LogP contribution is -2.32. The molecule has 1 aliphatic carbocycles. The van der Waals surface area contributed by atoms with E-state index in [2.05, 4.69) is 19.2 Å². The fourth-order valence-electron chi connectivity index (χ4n) is 4.80. The molecule has 1 rings (SSSR count). The maximum atomic E-state index is 12.1. The van der Waals surface area contributed by atoms with E-state index in [1.54, 1.807) is 7.11 Å². The number of hydrogen-bond donors (Lipinski definition) is 1. The summed E-state index contributed by atoms with van der Waals surface area (Å²) in [6, 6.07) is 0. The first-order valence-electron chi connectivity index (χ1n) is 15.9. The standard InChI is InChI=1S/C31H61NO3S2/c1-4-6-7-8-9-10-11-12-13-14-15-16-17-18-25-36-37-26-22-31(33)32-23-19-24-35-29(5-2)30(34-3)27-28-20-21-28/h28-30H,4-27H2,1-3H3,(H,32,33). The van der Waals surface area contributed by atoms with Crippen molar-refractivity contribution in [2.45, 2.75) is 154 Å². The van der Waals surface area contributed by atoms with Gasteiger partial charge in [-0.2, -0.15) is 0 Å². The fourth-order valence-corrected chi connectivity index (χ4v) is 6.94. The van der Waals surface area contributed by atoms with E-state index in [1.807, 2.05) is 21.6 Å². The summed E-state index contributed by atoms with van der Waals surface area (Å²) in [7, 11) is 5.59. The SMILES string of the molecule is CCCCCCCCCCCCCCCCSSCCC(=O)NCCCOC(CC)C(CC1CC1)OC. The first-order chi connectivity index (χ1) is 18.2. The summed E-state index contributed by atoms with van der Waals surface area (Å²) in [5.74, 6) is 3.13. The van der Waals surface area contributed by atoms with Gasteiger partial charge >= 0.3 is 0 Å². The van der Waals surface area contributed by atoms with Crippen molar-refractivity contribution in [1.82, 2.24) is 5.32 Å². The van der Waals surface area contributed by atoms with Gasteiger partial charge in [-0.3, -0.25) is 4.79 Å². The van der Waals surface area contributed by atoms with Crippen LogP contribution in [0.4, 0.5) is 0 Å². The molecule has 0 aromatic heterocycles. The molecule has 0 heterocycles. The minimum Gasteiger partial charge on any atom is -0.379 e. The van der Waals surface area contributed by atoms with Gasteiger partial charge in [0.1, 0.15) is 0 Å². The van der Waals surface area contributed by atoms with E-state index in [1.165, 1.54) is 108 Å². The molecule has 0 spiro atoms. The largest absolute Gasteiger partial charge is 0.379 e. The van der Waals surface area contributed by atoms with Gasteiger partial charge in [0.15, 0.2) is 0 Å². The van der Waals surface area contributed by atoms with Crippen LogP contribution in [0.15, 0.2) is 0 Å². The number of rotatable bonds is 29. The van der Waals surface area contributed by atoms with E-state index < -0.39 is 0 Å². The van der Waals surface area contributed by atoms with Gasteiger partial charge in [-0.15, -0.1) is 0 Å². The topological polar surface area (TPSA) is 47.6 Å². The molecule has 1 fully saturated rings. The smallest absolute Gasteiger partial charge is 0.220 e. The summed E-state index contributed by atoms with van der Waals surface area (Å²) in [6.07, 6.45) is 26.4. The highest BCUT2D eigenvalue weighted by Gasteiger charge is 2.29. The highest BCUT2D eigenvalue weighted by atomic mass is 33.1. The van der Waals surface area contributed by atoms with Crippen molar-refractivity contribution in [2.24, 2.45) is 5.92 Å². The van der Waals surface area contributed by atoms with Crippen LogP contribution in [0.5, 0.6) is 0 Å². The van der Waals surface area contributed by atoms with Gasteiger partial charge in [0.25, 0.3) is 0 Å². The summed E-state index contributed by atoms with van der Waals surface area (Å²) in [5, 5.41) is 3.04. The molecule has 2 unspecified atom stereocenters. The van der Waals surface area contributed by atoms with Crippen LogP contribution < -0.4 is 5.32 Å². The van der Waals surface area contributed by atoms with Crippen LogP contribution in [0.2, 0.25) is 0 Å². The summed E-state index contributed by atoms with van der Waals surface area (Å²) in [5.41, 5.74) is 0. The number of carbonyl (C=O) groups is 1. The molecule has 4 nitrogen and oxygen atoms in total. The predicted molar refractivity (Wildman–Crippen MR) is 166 cm³/mol. The summed E-state index contributed by atoms with van der Waals surface area (Å²) >= 11 is 0. The summed E-state index contributed by atoms with van der Waals surface area (Å²) < 4.78 is 11.7. The number of ether oxygens (including phenoxy) is 2. The molecule has 2 atom stereocenters. The number of carbonyl (C=O) groups excluding carboxylic acids is 1. The van der Waals surface area contributed by atoms with Crippen LogP contribution in [0.25, 0.3) is 0 Å². The fraction of sp³-hybridized carbons (Fsp3) is 0.968. The van der Waals surface area contributed by atoms with Gasteiger partial charge in [0.2, 0.25) is 5.91 Å². The second-order valence-electron chi connectivity index (χ2n) is 11.0. The molecule has 0 aromatic carbocycles. The Morgan fingerprint density at radius 1 is 0.784 bits per heavy atom. The average Bonchev–Trinajstić information content (AvgIpc) is 3.73. The second kappa shape index (κ2) is 26.3. The van der Waals surface area contributed by atoms with Gasteiger partial charge in [-0.05, 0) is 31.6 Å². The number of hydrogen-bond acceptors (Lipinski definition) is 5. The highest BCUT2D eigenvalue weighted by molar-refractivity contribution is 8.76. The lowest BCUT2D eigenvalue weighted by molar-refractivity contribution is -0.120. The van der Waals surface area contributed by atoms with Crippen molar-refractivity contribution < 1.29 is 14.3 Å². The van der Waals surface area contributed by atoms with Crippen LogP contribution in [0.1, 0.15) is 142 Å². The molecule has 1 N–H and O–H groups in total. The van der Waals surface area contributed by atoms with E-state index in [0.29, 0.717) is 19.6 Å². The zero-order valence-electron chi connectivity index (χ0n) is 24.7. The molecule has 0 bridgehead atoms. The Balaban J connectivity index is 1.78. The molecule has 37 heavy (non-hydrogen) atoms. The molecule has 0 aromatic rings. The Kier molecular flexibility index (Phi) is 25.0. The Morgan fingerprint density at radius 3 is 1.89 bits per heavy atom. The van der Waals surface area contributed by atoms with Crippen LogP contribution in [0.3, 0.4) is 0 Å². The molecule has 1 amide bonds. The average molecular weight is 560 g/mol. The Hall–Kier alpha value is 0.0900. The first kappa shape index (κ1) is 35.1. The molecule has 0 saturated heterocycles. The molecule has 220 valence electrons. The van der Waals surface area contributed by atoms with E-state index >= 15 is 0 Å². The maximum absolute atomic E-state index is 12.1. The monoisotopic (exact) mass is 559 g/mol. The number of unbranched alkanes of at least 4 members (excludes halogenated alkanes) is 13. The molecular weight excluding hydrogens is 498 g/mol. The summed E-state index contributed by atoms with van der Waals surface area (Å²) in [4.78, 5) is 12.1. The predicted octanol–water partition coefficient (Wildman–Crippen LogP) is 9.36. The lowest BCUT2D eigenvalue weighted by atomic mass is 10.0. The lowest BCUT2D eigenvalue weighted by Gasteiger charge is -2.25. The number of amides is 1.